The highest BCUT2D eigenvalue weighted by molar-refractivity contribution is 5.84. The molecule has 0 bridgehead atoms. The Morgan fingerprint density at radius 1 is 1.15 bits per heavy atom. The van der Waals surface area contributed by atoms with Gasteiger partial charge >= 0.3 is 0 Å². The zero-order chi connectivity index (χ0) is 23.3. The summed E-state index contributed by atoms with van der Waals surface area (Å²) in [7, 11) is 2.18. The Labute approximate surface area is 201 Å². The van der Waals surface area contributed by atoms with Gasteiger partial charge in [-0.25, -0.2) is 9.97 Å². The van der Waals surface area contributed by atoms with E-state index in [9.17, 15) is 0 Å². The molecule has 0 radical (unpaired) electrons. The Morgan fingerprint density at radius 2 is 2.03 bits per heavy atom. The van der Waals surface area contributed by atoms with Gasteiger partial charge in [-0.15, -0.1) is 0 Å². The van der Waals surface area contributed by atoms with Crippen LogP contribution in [0, 0.1) is 0 Å². The molecule has 0 saturated carbocycles. The van der Waals surface area contributed by atoms with E-state index in [1.54, 1.807) is 0 Å². The standard InChI is InChI=1S/C25H37N9/c1-3-4-10-27-25-28-17-20(23(32-25)29-18-6-5-9-26-16-18)24-30-21-8-7-19(15-22(21)31-24)34-13-11-33(2)12-14-34/h7-8,15,17-18,26H,3-6,9-14,16H2,1-2H3,(H,30,31)(H2,27,28,29,32)/t18-/m0/s1. The second kappa shape index (κ2) is 10.6. The molecule has 0 amide bonds. The van der Waals surface area contributed by atoms with Crippen LogP contribution in [0.2, 0.25) is 0 Å². The predicted octanol–water partition coefficient (Wildman–Crippen LogP) is 3.15. The highest BCUT2D eigenvalue weighted by atomic mass is 15.2. The number of anilines is 3. The molecule has 3 aromatic rings. The first-order chi connectivity index (χ1) is 16.7. The van der Waals surface area contributed by atoms with Crippen molar-refractivity contribution < 1.29 is 0 Å². The number of piperazine rings is 1. The van der Waals surface area contributed by atoms with Crippen LogP contribution in [0.4, 0.5) is 17.5 Å². The molecule has 2 saturated heterocycles. The Morgan fingerprint density at radius 3 is 2.82 bits per heavy atom. The zero-order valence-corrected chi connectivity index (χ0v) is 20.4. The summed E-state index contributed by atoms with van der Waals surface area (Å²) in [6.07, 6.45) is 6.42. The van der Waals surface area contributed by atoms with Crippen molar-refractivity contribution >= 4 is 28.5 Å². The lowest BCUT2D eigenvalue weighted by Crippen LogP contribution is -2.44. The van der Waals surface area contributed by atoms with Gasteiger partial charge in [-0.3, -0.25) is 0 Å². The molecule has 1 aromatic carbocycles. The number of aromatic amines is 1. The molecule has 34 heavy (non-hydrogen) atoms. The van der Waals surface area contributed by atoms with Crippen LogP contribution in [0.5, 0.6) is 0 Å². The first-order valence-electron chi connectivity index (χ1n) is 12.7. The molecule has 4 N–H and O–H groups in total. The zero-order valence-electron chi connectivity index (χ0n) is 20.4. The first-order valence-corrected chi connectivity index (χ1v) is 12.7. The largest absolute Gasteiger partial charge is 0.369 e. The smallest absolute Gasteiger partial charge is 0.224 e. The van der Waals surface area contributed by atoms with Gasteiger partial charge in [-0.05, 0) is 51.1 Å². The Balaban J connectivity index is 1.42. The highest BCUT2D eigenvalue weighted by Crippen LogP contribution is 2.29. The van der Waals surface area contributed by atoms with E-state index in [1.807, 2.05) is 6.20 Å². The van der Waals surface area contributed by atoms with E-state index in [1.165, 1.54) is 12.1 Å². The minimum Gasteiger partial charge on any atom is -0.369 e. The molecule has 182 valence electrons. The quantitative estimate of drug-likeness (QED) is 0.378. The van der Waals surface area contributed by atoms with Crippen molar-refractivity contribution in [2.45, 2.75) is 38.6 Å². The van der Waals surface area contributed by atoms with Gasteiger partial charge in [0, 0.05) is 57.2 Å². The normalized spacial score (nSPS) is 19.5. The molecule has 2 aliphatic heterocycles. The third-order valence-electron chi connectivity index (χ3n) is 6.83. The first kappa shape index (κ1) is 22.9. The van der Waals surface area contributed by atoms with Gasteiger partial charge in [-0.2, -0.15) is 4.98 Å². The lowest BCUT2D eigenvalue weighted by molar-refractivity contribution is 0.313. The van der Waals surface area contributed by atoms with Crippen LogP contribution >= 0.6 is 0 Å². The molecule has 0 unspecified atom stereocenters. The molecule has 5 rings (SSSR count). The molecule has 0 aliphatic carbocycles. The predicted molar refractivity (Wildman–Crippen MR) is 140 cm³/mol. The second-order valence-electron chi connectivity index (χ2n) is 9.50. The number of unbranched alkanes of at least 4 members (excludes halogenated alkanes) is 1. The lowest BCUT2D eigenvalue weighted by Gasteiger charge is -2.34. The molecule has 2 fully saturated rings. The van der Waals surface area contributed by atoms with Crippen LogP contribution in [0.3, 0.4) is 0 Å². The van der Waals surface area contributed by atoms with Gasteiger partial charge in [-0.1, -0.05) is 13.3 Å². The van der Waals surface area contributed by atoms with Crippen LogP contribution in [-0.4, -0.2) is 83.7 Å². The maximum Gasteiger partial charge on any atom is 0.224 e. The molecule has 4 heterocycles. The van der Waals surface area contributed by atoms with E-state index in [0.29, 0.717) is 12.0 Å². The van der Waals surface area contributed by atoms with Crippen LogP contribution in [-0.2, 0) is 0 Å². The van der Waals surface area contributed by atoms with E-state index in [-0.39, 0.29) is 0 Å². The summed E-state index contributed by atoms with van der Waals surface area (Å²) >= 11 is 0. The minimum absolute atomic E-state index is 0.346. The molecule has 2 aliphatic rings. The van der Waals surface area contributed by atoms with Crippen LogP contribution < -0.4 is 20.9 Å². The summed E-state index contributed by atoms with van der Waals surface area (Å²) in [6, 6.07) is 6.86. The van der Waals surface area contributed by atoms with Crippen molar-refractivity contribution in [2.24, 2.45) is 0 Å². The molecule has 1 atom stereocenters. The van der Waals surface area contributed by atoms with Crippen molar-refractivity contribution in [1.29, 1.82) is 0 Å². The Hall–Kier alpha value is -2.91. The van der Waals surface area contributed by atoms with Crippen LogP contribution in [0.1, 0.15) is 32.6 Å². The topological polar surface area (TPSA) is 97.0 Å². The third-order valence-corrected chi connectivity index (χ3v) is 6.83. The van der Waals surface area contributed by atoms with Crippen molar-refractivity contribution in [1.82, 2.24) is 30.2 Å². The van der Waals surface area contributed by atoms with E-state index in [4.69, 9.17) is 9.97 Å². The number of aromatic nitrogens is 4. The summed E-state index contributed by atoms with van der Waals surface area (Å²) < 4.78 is 0. The van der Waals surface area contributed by atoms with Gasteiger partial charge in [0.05, 0.1) is 16.6 Å². The summed E-state index contributed by atoms with van der Waals surface area (Å²) in [5.74, 6) is 2.30. The summed E-state index contributed by atoms with van der Waals surface area (Å²) in [4.78, 5) is 22.7. The molecule has 0 spiro atoms. The number of nitrogens with zero attached hydrogens (tertiary/aromatic N) is 5. The van der Waals surface area contributed by atoms with Gasteiger partial charge in [0.25, 0.3) is 0 Å². The lowest BCUT2D eigenvalue weighted by atomic mass is 10.1. The van der Waals surface area contributed by atoms with Crippen molar-refractivity contribution in [3.63, 3.8) is 0 Å². The summed E-state index contributed by atoms with van der Waals surface area (Å²) in [5.41, 5.74) is 4.16. The number of fused-ring (bicyclic) bond motifs is 1. The second-order valence-corrected chi connectivity index (χ2v) is 9.50. The maximum atomic E-state index is 4.90. The van der Waals surface area contributed by atoms with E-state index in [2.05, 4.69) is 67.9 Å². The number of H-pyrrole nitrogens is 1. The molecular formula is C25H37N9. The maximum absolute atomic E-state index is 4.90. The van der Waals surface area contributed by atoms with E-state index in [0.717, 1.165) is 93.3 Å². The van der Waals surface area contributed by atoms with Gasteiger partial charge in [0.1, 0.15) is 11.6 Å². The molecule has 2 aromatic heterocycles. The van der Waals surface area contributed by atoms with Crippen molar-refractivity contribution in [3.8, 4) is 11.4 Å². The SMILES string of the molecule is CCCCNc1ncc(-c2nc3ccc(N4CCN(C)CC4)cc3[nH]2)c(N[C@H]2CCCNC2)n1. The van der Waals surface area contributed by atoms with Crippen molar-refractivity contribution in [2.75, 3.05) is 68.4 Å². The number of imidazole rings is 1. The average molecular weight is 464 g/mol. The number of likely N-dealkylation sites (N-methyl/N-ethyl adjacent to an activating group) is 1. The number of nitrogens with one attached hydrogen (secondary N) is 4. The summed E-state index contributed by atoms with van der Waals surface area (Å²) in [6.45, 7) is 9.36. The van der Waals surface area contributed by atoms with Crippen LogP contribution in [0.15, 0.2) is 24.4 Å². The van der Waals surface area contributed by atoms with E-state index < -0.39 is 0 Å². The number of hydrogen-bond donors (Lipinski definition) is 4. The summed E-state index contributed by atoms with van der Waals surface area (Å²) in [5, 5.41) is 10.5. The number of benzene rings is 1. The average Bonchev–Trinajstić information content (AvgIpc) is 3.29. The minimum atomic E-state index is 0.346. The fraction of sp³-hybridized carbons (Fsp3) is 0.560. The molecule has 9 heteroatoms. The van der Waals surface area contributed by atoms with Crippen molar-refractivity contribution in [3.05, 3.63) is 24.4 Å². The third kappa shape index (κ3) is 5.26. The fourth-order valence-electron chi connectivity index (χ4n) is 4.68. The van der Waals surface area contributed by atoms with Gasteiger partial charge in [0.15, 0.2) is 0 Å². The highest BCUT2D eigenvalue weighted by Gasteiger charge is 2.20. The number of piperidine rings is 1. The molecule has 9 nitrogen and oxygen atoms in total. The Kier molecular flexibility index (Phi) is 7.10. The number of rotatable bonds is 8. The fourth-order valence-corrected chi connectivity index (χ4v) is 4.68. The Bertz CT molecular complexity index is 1080. The van der Waals surface area contributed by atoms with Gasteiger partial charge in [0.2, 0.25) is 5.95 Å². The monoisotopic (exact) mass is 463 g/mol. The van der Waals surface area contributed by atoms with Gasteiger partial charge < -0.3 is 30.7 Å². The van der Waals surface area contributed by atoms with E-state index >= 15 is 0 Å². The molecular weight excluding hydrogens is 426 g/mol. The number of hydrogen-bond acceptors (Lipinski definition) is 8. The van der Waals surface area contributed by atoms with Crippen LogP contribution in [0.25, 0.3) is 22.4 Å².